The molecule has 0 aromatic carbocycles. The van der Waals surface area contributed by atoms with Crippen LogP contribution < -0.4 is 0 Å². The Labute approximate surface area is 155 Å². The van der Waals surface area contributed by atoms with Crippen LogP contribution in [0.2, 0.25) is 0 Å². The average Bonchev–Trinajstić information content (AvgIpc) is 2.85. The highest BCUT2D eigenvalue weighted by atomic mass is 35.5. The largest absolute Gasteiger partial charge is 0.462 e. The van der Waals surface area contributed by atoms with Gasteiger partial charge in [-0.2, -0.15) is 0 Å². The molecule has 0 spiro atoms. The first-order valence-electron chi connectivity index (χ1n) is 9.84. The Morgan fingerprint density at radius 3 is 2.64 bits per heavy atom. The fraction of sp³-hybridized carbons (Fsp3) is 0.810. The van der Waals surface area contributed by atoms with E-state index in [9.17, 15) is 9.59 Å². The summed E-state index contributed by atoms with van der Waals surface area (Å²) in [7, 11) is 0. The van der Waals surface area contributed by atoms with Crippen LogP contribution in [0.4, 0.5) is 0 Å². The Morgan fingerprint density at radius 2 is 1.92 bits per heavy atom. The molecule has 0 aromatic heterocycles. The number of fused-ring (bicyclic) bond motifs is 5. The molecule has 4 rings (SSSR count). The van der Waals surface area contributed by atoms with Crippen LogP contribution in [0.1, 0.15) is 65.7 Å². The van der Waals surface area contributed by atoms with E-state index in [1.807, 2.05) is 0 Å². The second-order valence-electron chi connectivity index (χ2n) is 9.36. The van der Waals surface area contributed by atoms with E-state index in [-0.39, 0.29) is 28.7 Å². The van der Waals surface area contributed by atoms with Crippen LogP contribution in [-0.2, 0) is 14.3 Å². The van der Waals surface area contributed by atoms with Gasteiger partial charge in [-0.15, -0.1) is 0 Å². The Bertz CT molecular complexity index is 641. The molecular weight excluding hydrogens is 336 g/mol. The third-order valence-electron chi connectivity index (χ3n) is 8.32. The molecule has 0 aliphatic heterocycles. The van der Waals surface area contributed by atoms with Crippen molar-refractivity contribution in [2.45, 2.75) is 71.8 Å². The molecule has 0 saturated heterocycles. The highest BCUT2D eigenvalue weighted by molar-refractivity contribution is 6.42. The number of hydrogen-bond acceptors (Lipinski definition) is 3. The zero-order valence-electron chi connectivity index (χ0n) is 15.5. The predicted octanol–water partition coefficient (Wildman–Crippen LogP) is 4.87. The van der Waals surface area contributed by atoms with Gasteiger partial charge >= 0.3 is 5.97 Å². The maximum atomic E-state index is 12.1. The number of esters is 1. The monoisotopic (exact) mass is 364 g/mol. The summed E-state index contributed by atoms with van der Waals surface area (Å²) in [6.45, 7) is 6.21. The summed E-state index contributed by atoms with van der Waals surface area (Å²) in [6, 6.07) is 0. The van der Waals surface area contributed by atoms with E-state index in [0.29, 0.717) is 35.1 Å². The molecule has 138 valence electrons. The van der Waals surface area contributed by atoms with Crippen molar-refractivity contribution in [2.24, 2.45) is 34.5 Å². The number of Topliss-reactive ketones (excluding diaryl/α,β-unsaturated/α-hetero) is 1. The van der Waals surface area contributed by atoms with Crippen molar-refractivity contribution < 1.29 is 14.3 Å². The number of allylic oxidation sites excluding steroid dienone is 2. The minimum absolute atomic E-state index is 0.0504. The zero-order chi connectivity index (χ0) is 18.0. The lowest BCUT2D eigenvalue weighted by atomic mass is 9.46. The molecule has 0 N–H and O–H groups in total. The minimum atomic E-state index is -0.148. The van der Waals surface area contributed by atoms with Gasteiger partial charge in [0.2, 0.25) is 0 Å². The Morgan fingerprint density at radius 1 is 1.16 bits per heavy atom. The maximum Gasteiger partial charge on any atom is 0.302 e. The maximum absolute atomic E-state index is 12.1. The number of ether oxygens (including phenoxy) is 1. The first-order chi connectivity index (χ1) is 11.8. The number of carbonyl (C=O) groups excluding carboxylic acids is 2. The van der Waals surface area contributed by atoms with Crippen LogP contribution in [0.15, 0.2) is 11.1 Å². The third-order valence-corrected chi connectivity index (χ3v) is 8.64. The Kier molecular flexibility index (Phi) is 4.10. The second kappa shape index (κ2) is 5.84. The second-order valence-corrected chi connectivity index (χ2v) is 9.76. The predicted molar refractivity (Wildman–Crippen MR) is 97.0 cm³/mol. The van der Waals surface area contributed by atoms with E-state index in [4.69, 9.17) is 16.3 Å². The average molecular weight is 365 g/mol. The van der Waals surface area contributed by atoms with Crippen molar-refractivity contribution in [2.75, 3.05) is 0 Å². The third kappa shape index (κ3) is 2.52. The molecule has 0 aromatic rings. The van der Waals surface area contributed by atoms with Gasteiger partial charge in [0.25, 0.3) is 0 Å². The van der Waals surface area contributed by atoms with E-state index in [2.05, 4.69) is 19.9 Å². The minimum Gasteiger partial charge on any atom is -0.462 e. The van der Waals surface area contributed by atoms with Gasteiger partial charge in [-0.25, -0.2) is 0 Å². The van der Waals surface area contributed by atoms with Crippen LogP contribution in [0.3, 0.4) is 0 Å². The quantitative estimate of drug-likeness (QED) is 0.623. The molecule has 0 bridgehead atoms. The summed E-state index contributed by atoms with van der Waals surface area (Å²) < 4.78 is 5.71. The van der Waals surface area contributed by atoms with Crippen LogP contribution >= 0.6 is 11.6 Å². The first-order valence-corrected chi connectivity index (χ1v) is 10.2. The molecular formula is C21H29ClO3. The van der Waals surface area contributed by atoms with E-state index in [1.54, 1.807) is 0 Å². The molecule has 25 heavy (non-hydrogen) atoms. The summed E-state index contributed by atoms with van der Waals surface area (Å²) >= 11 is 6.28. The fourth-order valence-corrected chi connectivity index (χ4v) is 7.35. The van der Waals surface area contributed by atoms with E-state index in [0.717, 1.165) is 32.1 Å². The van der Waals surface area contributed by atoms with Crippen molar-refractivity contribution in [3.8, 4) is 0 Å². The van der Waals surface area contributed by atoms with E-state index >= 15 is 0 Å². The number of ketones is 1. The summed E-state index contributed by atoms with van der Waals surface area (Å²) in [5, 5.41) is 0.456. The summed E-state index contributed by atoms with van der Waals surface area (Å²) in [5.74, 6) is 2.30. The molecule has 3 saturated carbocycles. The van der Waals surface area contributed by atoms with Crippen molar-refractivity contribution >= 4 is 23.4 Å². The van der Waals surface area contributed by atoms with Gasteiger partial charge in [-0.05, 0) is 67.6 Å². The topological polar surface area (TPSA) is 43.4 Å². The number of hydrogen-bond donors (Lipinski definition) is 0. The smallest absolute Gasteiger partial charge is 0.302 e. The lowest BCUT2D eigenvalue weighted by Gasteiger charge is -2.58. The summed E-state index contributed by atoms with van der Waals surface area (Å²) in [4.78, 5) is 23.6. The van der Waals surface area contributed by atoms with Crippen LogP contribution in [-0.4, -0.2) is 17.9 Å². The van der Waals surface area contributed by atoms with Crippen molar-refractivity contribution in [3.63, 3.8) is 0 Å². The molecule has 4 aliphatic rings. The molecule has 0 heterocycles. The Hall–Kier alpha value is -0.830. The highest BCUT2D eigenvalue weighted by Crippen LogP contribution is 2.65. The van der Waals surface area contributed by atoms with Gasteiger partial charge in [0.15, 0.2) is 5.78 Å². The van der Waals surface area contributed by atoms with Gasteiger partial charge in [-0.3, -0.25) is 9.59 Å². The van der Waals surface area contributed by atoms with Crippen molar-refractivity contribution in [1.29, 1.82) is 0 Å². The van der Waals surface area contributed by atoms with Gasteiger partial charge in [-0.1, -0.05) is 31.5 Å². The van der Waals surface area contributed by atoms with Crippen LogP contribution in [0.5, 0.6) is 0 Å². The van der Waals surface area contributed by atoms with Crippen molar-refractivity contribution in [1.82, 2.24) is 0 Å². The van der Waals surface area contributed by atoms with Gasteiger partial charge in [0.1, 0.15) is 6.10 Å². The fourth-order valence-electron chi connectivity index (χ4n) is 7.04. The van der Waals surface area contributed by atoms with Gasteiger partial charge in [0, 0.05) is 18.8 Å². The molecule has 7 atom stereocenters. The molecule has 4 aliphatic carbocycles. The lowest BCUT2D eigenvalue weighted by Crippen LogP contribution is -2.53. The Balaban J connectivity index is 1.64. The number of halogens is 1. The van der Waals surface area contributed by atoms with Crippen LogP contribution in [0, 0.1) is 34.5 Å². The molecule has 3 fully saturated rings. The highest BCUT2D eigenvalue weighted by Gasteiger charge is 2.60. The number of carbonyl (C=O) groups is 2. The normalized spacial score (nSPS) is 48.9. The van der Waals surface area contributed by atoms with Crippen molar-refractivity contribution in [3.05, 3.63) is 11.1 Å². The molecule has 4 heteroatoms. The SMILES string of the molecule is CC(=O)OC1CC[C@H]2[C@@H]3CCC4CC(=O)C(Cl)=C[C@]4(C)[C@H]3CC[C@]12C. The van der Waals surface area contributed by atoms with Crippen LogP contribution in [0.25, 0.3) is 0 Å². The number of rotatable bonds is 1. The van der Waals surface area contributed by atoms with Gasteiger partial charge < -0.3 is 4.74 Å². The molecule has 3 nitrogen and oxygen atoms in total. The standard InChI is InChI=1S/C21H29ClO3/c1-12(23)25-19-7-6-15-14-5-4-13-10-18(24)17(22)11-21(13,3)16(14)8-9-20(15,19)2/h11,13-16,19H,4-10H2,1-3H3/t13?,14-,15-,16-,19?,20-,21-/m0/s1. The lowest BCUT2D eigenvalue weighted by molar-refractivity contribution is -0.158. The first kappa shape index (κ1) is 17.6. The van der Waals surface area contributed by atoms with E-state index in [1.165, 1.54) is 13.3 Å². The summed E-state index contributed by atoms with van der Waals surface area (Å²) in [5.41, 5.74) is 0.169. The molecule has 2 unspecified atom stereocenters. The molecule has 0 radical (unpaired) electrons. The van der Waals surface area contributed by atoms with Gasteiger partial charge in [0.05, 0.1) is 5.03 Å². The zero-order valence-corrected chi connectivity index (χ0v) is 16.3. The molecule has 0 amide bonds. The summed E-state index contributed by atoms with van der Waals surface area (Å²) in [6.07, 6.45) is 9.54. The van der Waals surface area contributed by atoms with E-state index < -0.39 is 0 Å².